The molecule has 3 heteroatoms. The van der Waals surface area contributed by atoms with Gasteiger partial charge in [0.2, 0.25) is 0 Å². The van der Waals surface area contributed by atoms with Crippen molar-refractivity contribution in [1.82, 2.24) is 5.32 Å². The molecule has 2 saturated carbocycles. The van der Waals surface area contributed by atoms with Gasteiger partial charge in [0.25, 0.3) is 0 Å². The molecular weight excluding hydrogens is 262 g/mol. The molecule has 0 aromatic heterocycles. The average Bonchev–Trinajstić information content (AvgIpc) is 3.37. The maximum absolute atomic E-state index is 6.56. The van der Waals surface area contributed by atoms with Gasteiger partial charge in [-0.3, -0.25) is 0 Å². The molecule has 3 fully saturated rings. The fourth-order valence-corrected chi connectivity index (χ4v) is 3.81. The molecule has 122 valence electrons. The summed E-state index contributed by atoms with van der Waals surface area (Å²) < 4.78 is 12.0. The summed E-state index contributed by atoms with van der Waals surface area (Å²) in [6, 6.07) is 0.789. The largest absolute Gasteiger partial charge is 0.381 e. The van der Waals surface area contributed by atoms with Crippen LogP contribution in [0.3, 0.4) is 0 Å². The third-order valence-corrected chi connectivity index (χ3v) is 5.85. The second-order valence-corrected chi connectivity index (χ2v) is 7.56. The van der Waals surface area contributed by atoms with E-state index < -0.39 is 0 Å². The van der Waals surface area contributed by atoms with E-state index in [1.165, 1.54) is 57.8 Å². The maximum atomic E-state index is 6.56. The van der Waals surface area contributed by atoms with Crippen molar-refractivity contribution in [2.24, 2.45) is 11.8 Å². The molecule has 0 radical (unpaired) electrons. The van der Waals surface area contributed by atoms with E-state index in [1.807, 2.05) is 0 Å². The van der Waals surface area contributed by atoms with Gasteiger partial charge >= 0.3 is 0 Å². The van der Waals surface area contributed by atoms with Crippen molar-refractivity contribution in [2.45, 2.75) is 76.4 Å². The molecule has 1 heterocycles. The fraction of sp³-hybridized carbons (Fsp3) is 1.00. The molecule has 0 spiro atoms. The summed E-state index contributed by atoms with van der Waals surface area (Å²) in [6.07, 6.45) is 11.7. The Hall–Kier alpha value is -0.120. The fourth-order valence-electron chi connectivity index (χ4n) is 3.81. The second-order valence-electron chi connectivity index (χ2n) is 7.56. The van der Waals surface area contributed by atoms with Gasteiger partial charge in [0.15, 0.2) is 0 Å². The predicted molar refractivity (Wildman–Crippen MR) is 85.5 cm³/mol. The molecule has 1 aliphatic heterocycles. The normalized spacial score (nSPS) is 35.0. The van der Waals surface area contributed by atoms with E-state index >= 15 is 0 Å². The molecule has 3 nitrogen and oxygen atoms in total. The molecule has 2 aliphatic carbocycles. The monoisotopic (exact) mass is 295 g/mol. The quantitative estimate of drug-likeness (QED) is 0.779. The highest BCUT2D eigenvalue weighted by Gasteiger charge is 2.37. The summed E-state index contributed by atoms with van der Waals surface area (Å²) in [4.78, 5) is 0. The Balaban J connectivity index is 1.50. The number of ether oxygens (including phenoxy) is 2. The maximum Gasteiger partial charge on any atom is 0.0806 e. The first-order valence-corrected chi connectivity index (χ1v) is 9.25. The molecule has 1 saturated heterocycles. The van der Waals surface area contributed by atoms with Crippen LogP contribution in [-0.2, 0) is 9.47 Å². The van der Waals surface area contributed by atoms with Gasteiger partial charge in [0.1, 0.15) is 0 Å². The van der Waals surface area contributed by atoms with Crippen molar-refractivity contribution in [3.63, 3.8) is 0 Å². The first-order chi connectivity index (χ1) is 10.3. The Bertz CT molecular complexity index is 302. The molecule has 0 aromatic carbocycles. The minimum Gasteiger partial charge on any atom is -0.381 e. The molecular formula is C18H33NO2. The van der Waals surface area contributed by atoms with E-state index in [-0.39, 0.29) is 5.60 Å². The second kappa shape index (κ2) is 7.43. The van der Waals surface area contributed by atoms with E-state index in [0.717, 1.165) is 44.2 Å². The number of hydrogen-bond acceptors (Lipinski definition) is 3. The minimum absolute atomic E-state index is 0.132. The summed E-state index contributed by atoms with van der Waals surface area (Å²) >= 11 is 0. The van der Waals surface area contributed by atoms with E-state index in [2.05, 4.69) is 12.2 Å². The Morgan fingerprint density at radius 2 is 1.71 bits per heavy atom. The molecule has 0 atom stereocenters. The summed E-state index contributed by atoms with van der Waals surface area (Å²) in [5.74, 6) is 1.66. The van der Waals surface area contributed by atoms with Gasteiger partial charge in [0.05, 0.1) is 12.2 Å². The molecule has 0 unspecified atom stereocenters. The van der Waals surface area contributed by atoms with E-state index in [4.69, 9.17) is 9.47 Å². The zero-order valence-electron chi connectivity index (χ0n) is 13.7. The van der Waals surface area contributed by atoms with Crippen molar-refractivity contribution in [2.75, 3.05) is 26.4 Å². The van der Waals surface area contributed by atoms with Crippen molar-refractivity contribution in [3.8, 4) is 0 Å². The number of nitrogens with one attached hydrogen (secondary N) is 1. The van der Waals surface area contributed by atoms with Gasteiger partial charge in [-0.25, -0.2) is 0 Å². The van der Waals surface area contributed by atoms with Gasteiger partial charge in [-0.15, -0.1) is 0 Å². The topological polar surface area (TPSA) is 30.5 Å². The third kappa shape index (κ3) is 4.67. The van der Waals surface area contributed by atoms with Crippen LogP contribution in [-0.4, -0.2) is 38.0 Å². The lowest BCUT2D eigenvalue weighted by Gasteiger charge is -2.41. The van der Waals surface area contributed by atoms with Gasteiger partial charge in [-0.05, 0) is 63.2 Å². The highest BCUT2D eigenvalue weighted by molar-refractivity contribution is 4.92. The van der Waals surface area contributed by atoms with Crippen LogP contribution in [0.1, 0.15) is 64.7 Å². The summed E-state index contributed by atoms with van der Waals surface area (Å²) in [5, 5.41) is 3.74. The first-order valence-electron chi connectivity index (χ1n) is 9.25. The Kier molecular flexibility index (Phi) is 5.58. The SMILES string of the molecule is CCC1CCC(CNC2CC2)(OCC2CCOCC2)CC1. The molecule has 0 aromatic rings. The summed E-state index contributed by atoms with van der Waals surface area (Å²) in [7, 11) is 0. The molecule has 21 heavy (non-hydrogen) atoms. The van der Waals surface area contributed by atoms with Gasteiger partial charge in [0, 0.05) is 25.8 Å². The Labute approximate surface area is 130 Å². The number of hydrogen-bond donors (Lipinski definition) is 1. The van der Waals surface area contributed by atoms with Crippen LogP contribution in [0.5, 0.6) is 0 Å². The van der Waals surface area contributed by atoms with Gasteiger partial charge < -0.3 is 14.8 Å². The van der Waals surface area contributed by atoms with E-state index in [9.17, 15) is 0 Å². The number of rotatable bonds is 7. The molecule has 3 rings (SSSR count). The van der Waals surface area contributed by atoms with Crippen LogP contribution >= 0.6 is 0 Å². The molecule has 1 N–H and O–H groups in total. The van der Waals surface area contributed by atoms with Crippen LogP contribution in [0.2, 0.25) is 0 Å². The van der Waals surface area contributed by atoms with Crippen LogP contribution < -0.4 is 5.32 Å². The summed E-state index contributed by atoms with van der Waals surface area (Å²) in [5.41, 5.74) is 0.132. The van der Waals surface area contributed by atoms with Crippen molar-refractivity contribution < 1.29 is 9.47 Å². The molecule has 0 bridgehead atoms. The van der Waals surface area contributed by atoms with Gasteiger partial charge in [-0.1, -0.05) is 13.3 Å². The van der Waals surface area contributed by atoms with Crippen LogP contribution in [0.4, 0.5) is 0 Å². The minimum atomic E-state index is 0.132. The highest BCUT2D eigenvalue weighted by Crippen LogP contribution is 2.37. The van der Waals surface area contributed by atoms with Crippen LogP contribution in [0.25, 0.3) is 0 Å². The smallest absolute Gasteiger partial charge is 0.0806 e. The van der Waals surface area contributed by atoms with Gasteiger partial charge in [-0.2, -0.15) is 0 Å². The van der Waals surface area contributed by atoms with Crippen molar-refractivity contribution >= 4 is 0 Å². The third-order valence-electron chi connectivity index (χ3n) is 5.85. The summed E-state index contributed by atoms with van der Waals surface area (Å²) in [6.45, 7) is 6.23. The average molecular weight is 295 g/mol. The molecule has 3 aliphatic rings. The predicted octanol–water partition coefficient (Wildman–Crippen LogP) is 3.52. The van der Waals surface area contributed by atoms with Crippen LogP contribution in [0.15, 0.2) is 0 Å². The van der Waals surface area contributed by atoms with Crippen molar-refractivity contribution in [3.05, 3.63) is 0 Å². The standard InChI is InChI=1S/C18H33NO2/c1-2-15-5-9-18(10-6-15,14-19-17-3-4-17)21-13-16-7-11-20-12-8-16/h15-17,19H,2-14H2,1H3. The Morgan fingerprint density at radius 3 is 2.33 bits per heavy atom. The van der Waals surface area contributed by atoms with Crippen molar-refractivity contribution in [1.29, 1.82) is 0 Å². The molecule has 0 amide bonds. The zero-order valence-corrected chi connectivity index (χ0v) is 13.7. The Morgan fingerprint density at radius 1 is 1.00 bits per heavy atom. The lowest BCUT2D eigenvalue weighted by molar-refractivity contribution is -0.0992. The first kappa shape index (κ1) is 15.8. The zero-order chi connectivity index (χ0) is 14.5. The lowest BCUT2D eigenvalue weighted by atomic mass is 9.77. The van der Waals surface area contributed by atoms with E-state index in [1.54, 1.807) is 0 Å². The van der Waals surface area contributed by atoms with Crippen LogP contribution in [0, 0.1) is 11.8 Å². The van der Waals surface area contributed by atoms with E-state index in [0.29, 0.717) is 0 Å². The highest BCUT2D eigenvalue weighted by atomic mass is 16.5. The lowest BCUT2D eigenvalue weighted by Crippen LogP contribution is -2.47.